The Morgan fingerprint density at radius 1 is 1.47 bits per heavy atom. The maximum absolute atomic E-state index is 12.1. The van der Waals surface area contributed by atoms with Crippen molar-refractivity contribution in [1.29, 1.82) is 0 Å². The van der Waals surface area contributed by atoms with Crippen molar-refractivity contribution in [3.8, 4) is 0 Å². The van der Waals surface area contributed by atoms with Crippen LogP contribution in [0.5, 0.6) is 0 Å². The summed E-state index contributed by atoms with van der Waals surface area (Å²) in [6.45, 7) is 1.89. The van der Waals surface area contributed by atoms with Gasteiger partial charge in [-0.3, -0.25) is 9.36 Å². The summed E-state index contributed by atoms with van der Waals surface area (Å²) in [4.78, 5) is 26.4. The number of fused-ring (bicyclic) bond motifs is 1. The molecular formula is C11H12ClN3O2. The normalized spacial score (nSPS) is 12.9. The van der Waals surface area contributed by atoms with Crippen molar-refractivity contribution in [3.05, 3.63) is 44.1 Å². The number of aromatic amines is 1. The second kappa shape index (κ2) is 4.35. The molecule has 0 saturated heterocycles. The molecule has 0 aliphatic carbocycles. The van der Waals surface area contributed by atoms with Crippen LogP contribution in [0.4, 0.5) is 0 Å². The van der Waals surface area contributed by atoms with Crippen LogP contribution < -0.4 is 17.0 Å². The quantitative estimate of drug-likeness (QED) is 0.826. The first kappa shape index (κ1) is 11.9. The summed E-state index contributed by atoms with van der Waals surface area (Å²) in [7, 11) is 0. The van der Waals surface area contributed by atoms with Gasteiger partial charge >= 0.3 is 5.69 Å². The van der Waals surface area contributed by atoms with Crippen LogP contribution in [0.25, 0.3) is 10.9 Å². The third kappa shape index (κ3) is 2.11. The highest BCUT2D eigenvalue weighted by Gasteiger charge is 2.11. The maximum atomic E-state index is 12.1. The first-order chi connectivity index (χ1) is 8.00. The van der Waals surface area contributed by atoms with Gasteiger partial charge in [0.25, 0.3) is 5.56 Å². The number of hydrogen-bond acceptors (Lipinski definition) is 3. The van der Waals surface area contributed by atoms with Gasteiger partial charge in [-0.2, -0.15) is 0 Å². The van der Waals surface area contributed by atoms with Crippen molar-refractivity contribution in [2.45, 2.75) is 19.5 Å². The average Bonchev–Trinajstić information content (AvgIpc) is 2.23. The van der Waals surface area contributed by atoms with Crippen LogP contribution in [0.3, 0.4) is 0 Å². The summed E-state index contributed by atoms with van der Waals surface area (Å²) >= 11 is 5.96. The second-order valence-electron chi connectivity index (χ2n) is 3.99. The fourth-order valence-corrected chi connectivity index (χ4v) is 1.96. The average molecular weight is 254 g/mol. The highest BCUT2D eigenvalue weighted by atomic mass is 35.5. The zero-order chi connectivity index (χ0) is 12.6. The number of nitrogens with one attached hydrogen (secondary N) is 1. The van der Waals surface area contributed by atoms with Gasteiger partial charge in [-0.1, -0.05) is 17.7 Å². The predicted octanol–water partition coefficient (Wildman–Crippen LogP) is 0.690. The van der Waals surface area contributed by atoms with Gasteiger partial charge in [-0.05, 0) is 19.1 Å². The van der Waals surface area contributed by atoms with E-state index < -0.39 is 11.2 Å². The molecule has 1 unspecified atom stereocenters. The molecule has 5 nitrogen and oxygen atoms in total. The van der Waals surface area contributed by atoms with E-state index in [4.69, 9.17) is 17.3 Å². The fraction of sp³-hybridized carbons (Fsp3) is 0.273. The number of nitrogens with zero attached hydrogens (tertiary/aromatic N) is 1. The lowest BCUT2D eigenvalue weighted by Crippen LogP contribution is -2.40. The Morgan fingerprint density at radius 3 is 2.82 bits per heavy atom. The lowest BCUT2D eigenvalue weighted by molar-refractivity contribution is 0.554. The minimum atomic E-state index is -0.470. The van der Waals surface area contributed by atoms with Crippen LogP contribution in [0.15, 0.2) is 27.8 Å². The van der Waals surface area contributed by atoms with E-state index in [1.807, 2.05) is 0 Å². The van der Waals surface area contributed by atoms with Gasteiger partial charge in [0.2, 0.25) is 0 Å². The second-order valence-corrected chi connectivity index (χ2v) is 4.39. The van der Waals surface area contributed by atoms with Gasteiger partial charge in [0.15, 0.2) is 0 Å². The minimum absolute atomic E-state index is 0.162. The standard InChI is InChI=1S/C11H12ClN3O2/c1-6(13)5-15-10(16)9-7(12)3-2-4-8(9)14-11(15)17/h2-4,6H,5,13H2,1H3,(H,14,17). The van der Waals surface area contributed by atoms with E-state index in [-0.39, 0.29) is 12.6 Å². The molecule has 17 heavy (non-hydrogen) atoms. The summed E-state index contributed by atoms with van der Waals surface area (Å²) in [5.74, 6) is 0. The van der Waals surface area contributed by atoms with E-state index in [0.717, 1.165) is 4.57 Å². The molecule has 0 radical (unpaired) electrons. The van der Waals surface area contributed by atoms with E-state index in [9.17, 15) is 9.59 Å². The van der Waals surface area contributed by atoms with Crippen molar-refractivity contribution < 1.29 is 0 Å². The van der Waals surface area contributed by atoms with Crippen LogP contribution in [0, 0.1) is 0 Å². The molecule has 0 fully saturated rings. The largest absolute Gasteiger partial charge is 0.328 e. The third-order valence-electron chi connectivity index (χ3n) is 2.43. The number of rotatable bonds is 2. The molecule has 1 atom stereocenters. The molecule has 90 valence electrons. The van der Waals surface area contributed by atoms with Crippen LogP contribution in [-0.4, -0.2) is 15.6 Å². The molecule has 1 aromatic heterocycles. The Bertz CT molecular complexity index is 672. The van der Waals surface area contributed by atoms with Crippen LogP contribution in [0.1, 0.15) is 6.92 Å². The molecule has 0 spiro atoms. The molecule has 1 aromatic carbocycles. The molecule has 1 heterocycles. The number of benzene rings is 1. The van der Waals surface area contributed by atoms with Crippen molar-refractivity contribution in [2.75, 3.05) is 0 Å². The van der Waals surface area contributed by atoms with Crippen LogP contribution in [-0.2, 0) is 6.54 Å². The third-order valence-corrected chi connectivity index (χ3v) is 2.74. The zero-order valence-corrected chi connectivity index (χ0v) is 9.99. The van der Waals surface area contributed by atoms with Crippen LogP contribution >= 0.6 is 11.6 Å². The van der Waals surface area contributed by atoms with E-state index in [1.165, 1.54) is 0 Å². The van der Waals surface area contributed by atoms with Gasteiger partial charge in [0.1, 0.15) is 0 Å². The number of halogens is 1. The summed E-state index contributed by atoms with van der Waals surface area (Å²) in [5, 5.41) is 0.636. The molecule has 2 rings (SSSR count). The summed E-state index contributed by atoms with van der Waals surface area (Å²) in [6.07, 6.45) is 0. The van der Waals surface area contributed by atoms with E-state index in [2.05, 4.69) is 4.98 Å². The Balaban J connectivity index is 2.84. The lowest BCUT2D eigenvalue weighted by Gasteiger charge is -2.09. The van der Waals surface area contributed by atoms with Gasteiger partial charge in [0, 0.05) is 12.6 Å². The summed E-state index contributed by atoms with van der Waals surface area (Å²) in [5.41, 5.74) is 5.16. The number of H-pyrrole nitrogens is 1. The van der Waals surface area contributed by atoms with Gasteiger partial charge in [-0.15, -0.1) is 0 Å². The highest BCUT2D eigenvalue weighted by Crippen LogP contribution is 2.16. The Labute approximate surface area is 102 Å². The zero-order valence-electron chi connectivity index (χ0n) is 9.24. The summed E-state index contributed by atoms with van der Waals surface area (Å²) < 4.78 is 1.07. The molecule has 0 aliphatic rings. The first-order valence-electron chi connectivity index (χ1n) is 5.17. The van der Waals surface area contributed by atoms with Crippen molar-refractivity contribution in [2.24, 2.45) is 5.73 Å². The molecule has 0 saturated carbocycles. The van der Waals surface area contributed by atoms with Crippen molar-refractivity contribution in [1.82, 2.24) is 9.55 Å². The number of aromatic nitrogens is 2. The molecule has 0 amide bonds. The molecule has 6 heteroatoms. The number of nitrogens with two attached hydrogens (primary N) is 1. The predicted molar refractivity (Wildman–Crippen MR) is 67.5 cm³/mol. The van der Waals surface area contributed by atoms with Crippen LogP contribution in [0.2, 0.25) is 5.02 Å². The molecule has 0 bridgehead atoms. The van der Waals surface area contributed by atoms with E-state index in [0.29, 0.717) is 15.9 Å². The van der Waals surface area contributed by atoms with Gasteiger partial charge < -0.3 is 10.7 Å². The number of hydrogen-bond donors (Lipinski definition) is 2. The van der Waals surface area contributed by atoms with Gasteiger partial charge in [-0.25, -0.2) is 4.79 Å². The monoisotopic (exact) mass is 253 g/mol. The highest BCUT2D eigenvalue weighted by molar-refractivity contribution is 6.35. The fourth-order valence-electron chi connectivity index (χ4n) is 1.71. The van der Waals surface area contributed by atoms with E-state index >= 15 is 0 Å². The Hall–Kier alpha value is -1.59. The maximum Gasteiger partial charge on any atom is 0.328 e. The molecule has 0 aliphatic heterocycles. The molecule has 3 N–H and O–H groups in total. The smallest absolute Gasteiger partial charge is 0.326 e. The minimum Gasteiger partial charge on any atom is -0.326 e. The molecule has 2 aromatic rings. The Morgan fingerprint density at radius 2 is 2.18 bits per heavy atom. The Kier molecular flexibility index (Phi) is 3.04. The summed E-state index contributed by atoms with van der Waals surface area (Å²) in [6, 6.07) is 4.64. The topological polar surface area (TPSA) is 80.9 Å². The first-order valence-corrected chi connectivity index (χ1v) is 5.55. The SMILES string of the molecule is CC(N)Cn1c(=O)[nH]c2cccc(Cl)c2c1=O. The van der Waals surface area contributed by atoms with Gasteiger partial charge in [0.05, 0.1) is 15.9 Å². The van der Waals surface area contributed by atoms with Crippen molar-refractivity contribution in [3.63, 3.8) is 0 Å². The lowest BCUT2D eigenvalue weighted by atomic mass is 10.2. The van der Waals surface area contributed by atoms with Crippen molar-refractivity contribution >= 4 is 22.5 Å². The molecular weight excluding hydrogens is 242 g/mol. The van der Waals surface area contributed by atoms with E-state index in [1.54, 1.807) is 25.1 Å².